The number of anilines is 1. The first-order valence-corrected chi connectivity index (χ1v) is 12.4. The fraction of sp³-hybridized carbons (Fsp3) is 0.333. The molecule has 2 aromatic heterocycles. The highest BCUT2D eigenvalue weighted by molar-refractivity contribution is 6.04. The first kappa shape index (κ1) is 25.7. The van der Waals surface area contributed by atoms with Gasteiger partial charge >= 0.3 is 6.18 Å². The van der Waals surface area contributed by atoms with Crippen molar-refractivity contribution in [3.63, 3.8) is 0 Å². The van der Waals surface area contributed by atoms with Gasteiger partial charge in [-0.3, -0.25) is 14.4 Å². The molecule has 1 saturated heterocycles. The van der Waals surface area contributed by atoms with Gasteiger partial charge in [0.05, 0.1) is 23.6 Å². The first-order chi connectivity index (χ1) is 18.1. The number of aromatic nitrogens is 5. The summed E-state index contributed by atoms with van der Waals surface area (Å²) in [6, 6.07) is 9.02. The minimum absolute atomic E-state index is 0.0877. The number of carbonyl (C=O) groups is 1. The van der Waals surface area contributed by atoms with Crippen LogP contribution in [0.3, 0.4) is 0 Å². The van der Waals surface area contributed by atoms with Crippen LogP contribution in [-0.2, 0) is 19.8 Å². The lowest BCUT2D eigenvalue weighted by Crippen LogP contribution is -2.21. The quantitative estimate of drug-likeness (QED) is 0.378. The average molecular weight is 524 g/mol. The number of halogens is 3. The Kier molecular flexibility index (Phi) is 6.78. The van der Waals surface area contributed by atoms with Crippen molar-refractivity contribution in [3.05, 3.63) is 76.7 Å². The predicted octanol–water partition coefficient (Wildman–Crippen LogP) is 5.15. The number of rotatable bonds is 6. The molecule has 1 amide bonds. The zero-order chi connectivity index (χ0) is 27.0. The van der Waals surface area contributed by atoms with E-state index in [0.29, 0.717) is 11.4 Å². The molecule has 38 heavy (non-hydrogen) atoms. The van der Waals surface area contributed by atoms with Gasteiger partial charge in [-0.25, -0.2) is 4.68 Å². The summed E-state index contributed by atoms with van der Waals surface area (Å²) < 4.78 is 44.9. The van der Waals surface area contributed by atoms with Crippen LogP contribution in [0.15, 0.2) is 48.8 Å². The summed E-state index contributed by atoms with van der Waals surface area (Å²) in [5.41, 5.74) is 3.76. The molecular formula is C27H28F3N7O. The lowest BCUT2D eigenvalue weighted by molar-refractivity contribution is -0.138. The minimum atomic E-state index is -4.52. The monoisotopic (exact) mass is 523 g/mol. The van der Waals surface area contributed by atoms with Gasteiger partial charge in [-0.1, -0.05) is 17.3 Å². The molecule has 4 aromatic rings. The Morgan fingerprint density at radius 2 is 1.84 bits per heavy atom. The molecule has 198 valence electrons. The van der Waals surface area contributed by atoms with Gasteiger partial charge in [-0.05, 0) is 75.2 Å². The normalized spacial score (nSPS) is 14.3. The van der Waals surface area contributed by atoms with E-state index < -0.39 is 17.6 Å². The summed E-state index contributed by atoms with van der Waals surface area (Å²) in [7, 11) is 1.84. The average Bonchev–Trinajstić information content (AvgIpc) is 3.63. The van der Waals surface area contributed by atoms with Gasteiger partial charge in [0.2, 0.25) is 0 Å². The van der Waals surface area contributed by atoms with E-state index in [0.717, 1.165) is 48.8 Å². The zero-order valence-electron chi connectivity index (χ0n) is 21.4. The molecule has 1 aliphatic rings. The van der Waals surface area contributed by atoms with Crippen molar-refractivity contribution in [1.29, 1.82) is 0 Å². The second-order valence-corrected chi connectivity index (χ2v) is 9.62. The van der Waals surface area contributed by atoms with Gasteiger partial charge in [0.15, 0.2) is 0 Å². The summed E-state index contributed by atoms with van der Waals surface area (Å²) in [5.74, 6) is -0.518. The lowest BCUT2D eigenvalue weighted by Gasteiger charge is -2.20. The van der Waals surface area contributed by atoms with Crippen LogP contribution in [0.1, 0.15) is 45.6 Å². The van der Waals surface area contributed by atoms with Crippen molar-refractivity contribution < 1.29 is 18.0 Å². The molecular weight excluding hydrogens is 495 g/mol. The molecule has 5 rings (SSSR count). The molecule has 0 bridgehead atoms. The maximum absolute atomic E-state index is 13.8. The van der Waals surface area contributed by atoms with Crippen LogP contribution in [0.4, 0.5) is 18.9 Å². The Morgan fingerprint density at radius 1 is 1.08 bits per heavy atom. The standard InChI is InChI=1S/C27H28F3N7O/c1-17-6-7-19(12-25(17)37-16-24(33-34-37)22-14-31-35(3)18(22)2)26(38)32-21-9-8-20(15-36-10-4-5-11-36)23(13-21)27(28,29)30/h6-9,12-14,16H,4-5,10-11,15H2,1-3H3,(H,32,38). The Bertz CT molecular complexity index is 1480. The molecule has 1 aliphatic heterocycles. The highest BCUT2D eigenvalue weighted by atomic mass is 19.4. The van der Waals surface area contributed by atoms with Gasteiger partial charge in [0.1, 0.15) is 5.69 Å². The molecule has 0 atom stereocenters. The number of nitrogens with zero attached hydrogens (tertiary/aromatic N) is 6. The second kappa shape index (κ2) is 10.1. The Labute approximate surface area is 218 Å². The Hall–Kier alpha value is -3.99. The summed E-state index contributed by atoms with van der Waals surface area (Å²) in [5, 5.41) is 15.3. The third-order valence-corrected chi connectivity index (χ3v) is 6.99. The van der Waals surface area contributed by atoms with Crippen molar-refractivity contribution >= 4 is 11.6 Å². The molecule has 0 unspecified atom stereocenters. The molecule has 0 saturated carbocycles. The number of amides is 1. The van der Waals surface area contributed by atoms with E-state index >= 15 is 0 Å². The van der Waals surface area contributed by atoms with Gasteiger partial charge in [0, 0.05) is 36.1 Å². The van der Waals surface area contributed by atoms with E-state index in [9.17, 15) is 18.0 Å². The van der Waals surface area contributed by atoms with Crippen LogP contribution in [0.25, 0.3) is 16.9 Å². The van der Waals surface area contributed by atoms with Gasteiger partial charge in [-0.2, -0.15) is 18.3 Å². The van der Waals surface area contributed by atoms with E-state index in [4.69, 9.17) is 0 Å². The van der Waals surface area contributed by atoms with Crippen LogP contribution in [0.2, 0.25) is 0 Å². The number of nitrogens with one attached hydrogen (secondary N) is 1. The number of carbonyl (C=O) groups excluding carboxylic acids is 1. The molecule has 3 heterocycles. The van der Waals surface area contributed by atoms with Crippen molar-refractivity contribution in [3.8, 4) is 16.9 Å². The van der Waals surface area contributed by atoms with E-state index in [1.54, 1.807) is 40.0 Å². The van der Waals surface area contributed by atoms with Crippen LogP contribution in [-0.4, -0.2) is 48.7 Å². The molecule has 0 spiro atoms. The van der Waals surface area contributed by atoms with E-state index in [-0.39, 0.29) is 23.4 Å². The topological polar surface area (TPSA) is 80.9 Å². The smallest absolute Gasteiger partial charge is 0.322 e. The number of hydrogen-bond acceptors (Lipinski definition) is 5. The zero-order valence-corrected chi connectivity index (χ0v) is 21.4. The minimum Gasteiger partial charge on any atom is -0.322 e. The van der Waals surface area contributed by atoms with E-state index in [1.165, 1.54) is 12.1 Å². The van der Waals surface area contributed by atoms with Crippen molar-refractivity contribution in [2.45, 2.75) is 39.4 Å². The third kappa shape index (κ3) is 5.19. The van der Waals surface area contributed by atoms with E-state index in [2.05, 4.69) is 20.7 Å². The number of likely N-dealkylation sites (tertiary alicyclic amines) is 1. The van der Waals surface area contributed by atoms with Crippen LogP contribution >= 0.6 is 0 Å². The van der Waals surface area contributed by atoms with Crippen LogP contribution in [0.5, 0.6) is 0 Å². The maximum Gasteiger partial charge on any atom is 0.416 e. The Balaban J connectivity index is 1.38. The number of hydrogen-bond donors (Lipinski definition) is 1. The third-order valence-electron chi connectivity index (χ3n) is 6.99. The highest BCUT2D eigenvalue weighted by Crippen LogP contribution is 2.35. The lowest BCUT2D eigenvalue weighted by atomic mass is 10.0. The summed E-state index contributed by atoms with van der Waals surface area (Å²) >= 11 is 0. The first-order valence-electron chi connectivity index (χ1n) is 12.4. The second-order valence-electron chi connectivity index (χ2n) is 9.62. The molecule has 11 heteroatoms. The SMILES string of the molecule is Cc1ccc(C(=O)Nc2ccc(CN3CCCC3)c(C(F)(F)F)c2)cc1-n1cc(-c2cnn(C)c2C)nn1. The molecule has 8 nitrogen and oxygen atoms in total. The van der Waals surface area contributed by atoms with Crippen molar-refractivity contribution in [1.82, 2.24) is 29.7 Å². The fourth-order valence-electron chi connectivity index (χ4n) is 4.69. The Morgan fingerprint density at radius 3 is 2.53 bits per heavy atom. The summed E-state index contributed by atoms with van der Waals surface area (Å²) in [4.78, 5) is 15.1. The van der Waals surface area contributed by atoms with E-state index in [1.807, 2.05) is 25.8 Å². The van der Waals surface area contributed by atoms with Crippen LogP contribution in [0, 0.1) is 13.8 Å². The fourth-order valence-corrected chi connectivity index (χ4v) is 4.69. The van der Waals surface area contributed by atoms with Gasteiger partial charge in [0.25, 0.3) is 5.91 Å². The molecule has 0 radical (unpaired) electrons. The van der Waals surface area contributed by atoms with Gasteiger partial charge in [-0.15, -0.1) is 5.10 Å². The number of aryl methyl sites for hydroxylation is 2. The molecule has 0 aliphatic carbocycles. The largest absolute Gasteiger partial charge is 0.416 e. The predicted molar refractivity (Wildman–Crippen MR) is 137 cm³/mol. The molecule has 1 N–H and O–H groups in total. The van der Waals surface area contributed by atoms with Crippen molar-refractivity contribution in [2.75, 3.05) is 18.4 Å². The maximum atomic E-state index is 13.8. The highest BCUT2D eigenvalue weighted by Gasteiger charge is 2.34. The summed E-state index contributed by atoms with van der Waals surface area (Å²) in [6.45, 7) is 5.63. The number of alkyl halides is 3. The van der Waals surface area contributed by atoms with Gasteiger partial charge < -0.3 is 5.32 Å². The number of benzene rings is 2. The van der Waals surface area contributed by atoms with Crippen LogP contribution < -0.4 is 5.32 Å². The molecule has 2 aromatic carbocycles. The molecule has 1 fully saturated rings. The van der Waals surface area contributed by atoms with Crippen molar-refractivity contribution in [2.24, 2.45) is 7.05 Å². The summed E-state index contributed by atoms with van der Waals surface area (Å²) in [6.07, 6.45) is 0.930.